The van der Waals surface area contributed by atoms with Crippen LogP contribution in [0.2, 0.25) is 0 Å². The summed E-state index contributed by atoms with van der Waals surface area (Å²) >= 11 is -0.165. The van der Waals surface area contributed by atoms with Crippen molar-refractivity contribution in [1.82, 2.24) is 0 Å². The number of benzene rings is 1. The van der Waals surface area contributed by atoms with E-state index in [0.29, 0.717) is 13.0 Å². The summed E-state index contributed by atoms with van der Waals surface area (Å²) < 4.78 is 41.8. The molecule has 1 nitrogen and oxygen atoms in total. The second-order valence-electron chi connectivity index (χ2n) is 2.92. The molecule has 0 radical (unpaired) electrons. The van der Waals surface area contributed by atoms with Crippen molar-refractivity contribution < 1.29 is 17.9 Å². The Kier molecular flexibility index (Phi) is 4.73. The van der Waals surface area contributed by atoms with Gasteiger partial charge in [0.1, 0.15) is 5.75 Å². The van der Waals surface area contributed by atoms with E-state index in [1.54, 1.807) is 18.2 Å². The number of halogens is 3. The van der Waals surface area contributed by atoms with Crippen LogP contribution in [-0.2, 0) is 0 Å². The topological polar surface area (TPSA) is 9.23 Å². The van der Waals surface area contributed by atoms with Crippen molar-refractivity contribution in [2.24, 2.45) is 0 Å². The summed E-state index contributed by atoms with van der Waals surface area (Å²) in [4.78, 5) is 0.0825. The lowest BCUT2D eigenvalue weighted by atomic mass is 10.3. The minimum atomic E-state index is -4.29. The molecule has 1 aromatic carbocycles. The fourth-order valence-electron chi connectivity index (χ4n) is 1.03. The molecule has 0 bridgehead atoms. The Morgan fingerprint density at radius 1 is 1.31 bits per heavy atom. The van der Waals surface area contributed by atoms with E-state index in [1.807, 2.05) is 0 Å². The van der Waals surface area contributed by atoms with Gasteiger partial charge in [-0.3, -0.25) is 0 Å². The maximum Gasteiger partial charge on any atom is 0.446 e. The third kappa shape index (κ3) is 4.61. The number of alkyl halides is 3. The third-order valence-electron chi connectivity index (χ3n) is 1.65. The highest BCUT2D eigenvalue weighted by atomic mass is 32.2. The molecular weight excluding hydrogens is 237 g/mol. The molecule has 1 rings (SSSR count). The first-order valence-corrected chi connectivity index (χ1v) is 5.43. The van der Waals surface area contributed by atoms with E-state index in [0.717, 1.165) is 0 Å². The van der Waals surface area contributed by atoms with Crippen LogP contribution >= 0.6 is 11.8 Å². The Labute approximate surface area is 96.3 Å². The zero-order valence-electron chi connectivity index (χ0n) is 8.46. The molecule has 0 aliphatic heterocycles. The van der Waals surface area contributed by atoms with E-state index in [9.17, 15) is 13.2 Å². The standard InChI is InChI=1S/C11H11F3OS/c1-2-3-8-15-9-6-4-5-7-10(9)16-11(12,13)14/h2,4-7H,1,3,8H2. The van der Waals surface area contributed by atoms with Crippen LogP contribution in [0.5, 0.6) is 5.75 Å². The molecule has 1 aromatic rings. The average molecular weight is 248 g/mol. The summed E-state index contributed by atoms with van der Waals surface area (Å²) in [5.41, 5.74) is -4.29. The molecule has 0 atom stereocenters. The molecule has 0 spiro atoms. The van der Waals surface area contributed by atoms with Gasteiger partial charge in [-0.05, 0) is 30.3 Å². The summed E-state index contributed by atoms with van der Waals surface area (Å²) in [6.45, 7) is 3.84. The molecule has 0 fully saturated rings. The maximum atomic E-state index is 12.2. The van der Waals surface area contributed by atoms with Crippen molar-refractivity contribution >= 4 is 11.8 Å². The van der Waals surface area contributed by atoms with Crippen molar-refractivity contribution in [2.45, 2.75) is 16.8 Å². The Hall–Kier alpha value is -1.10. The second-order valence-corrected chi connectivity index (χ2v) is 4.03. The number of hydrogen-bond donors (Lipinski definition) is 0. The second kappa shape index (κ2) is 5.84. The lowest BCUT2D eigenvalue weighted by Gasteiger charge is -2.11. The Bertz CT molecular complexity index is 349. The van der Waals surface area contributed by atoms with Crippen molar-refractivity contribution in [1.29, 1.82) is 0 Å². The lowest BCUT2D eigenvalue weighted by molar-refractivity contribution is -0.0329. The van der Waals surface area contributed by atoms with Gasteiger partial charge in [0.15, 0.2) is 0 Å². The highest BCUT2D eigenvalue weighted by Gasteiger charge is 2.30. The molecule has 5 heteroatoms. The smallest absolute Gasteiger partial charge is 0.446 e. The summed E-state index contributed by atoms with van der Waals surface area (Å²) in [5, 5.41) is 0. The molecule has 0 aliphatic rings. The molecule has 0 saturated heterocycles. The van der Waals surface area contributed by atoms with Crippen molar-refractivity contribution in [3.8, 4) is 5.75 Å². The largest absolute Gasteiger partial charge is 0.492 e. The highest BCUT2D eigenvalue weighted by molar-refractivity contribution is 8.00. The monoisotopic (exact) mass is 248 g/mol. The Morgan fingerprint density at radius 2 is 2.00 bits per heavy atom. The number of rotatable bonds is 5. The third-order valence-corrected chi connectivity index (χ3v) is 2.44. The summed E-state index contributed by atoms with van der Waals surface area (Å²) in [7, 11) is 0. The predicted molar refractivity (Wildman–Crippen MR) is 58.7 cm³/mol. The van der Waals surface area contributed by atoms with E-state index < -0.39 is 5.51 Å². The SMILES string of the molecule is C=CCCOc1ccccc1SC(F)(F)F. The van der Waals surface area contributed by atoms with E-state index >= 15 is 0 Å². The van der Waals surface area contributed by atoms with Crippen molar-refractivity contribution in [3.05, 3.63) is 36.9 Å². The van der Waals surface area contributed by atoms with Gasteiger partial charge in [-0.1, -0.05) is 18.2 Å². The number of para-hydroxylation sites is 1. The van der Waals surface area contributed by atoms with Gasteiger partial charge < -0.3 is 4.74 Å². The summed E-state index contributed by atoms with van der Waals surface area (Å²) in [6.07, 6.45) is 2.25. The molecule has 16 heavy (non-hydrogen) atoms. The zero-order chi connectivity index (χ0) is 12.0. The summed E-state index contributed by atoms with van der Waals surface area (Å²) in [5.74, 6) is 0.256. The minimum absolute atomic E-state index is 0.0825. The molecule has 0 amide bonds. The van der Waals surface area contributed by atoms with Crippen molar-refractivity contribution in [3.63, 3.8) is 0 Å². The van der Waals surface area contributed by atoms with Gasteiger partial charge in [0.05, 0.1) is 11.5 Å². The molecular formula is C11H11F3OS. The summed E-state index contributed by atoms with van der Waals surface area (Å²) in [6, 6.07) is 6.11. The van der Waals surface area contributed by atoms with Crippen LogP contribution < -0.4 is 4.74 Å². The van der Waals surface area contributed by atoms with Crippen LogP contribution in [0, 0.1) is 0 Å². The molecule has 88 valence electrons. The first-order valence-electron chi connectivity index (χ1n) is 4.61. The molecule has 0 saturated carbocycles. The quantitative estimate of drug-likeness (QED) is 0.437. The number of thioether (sulfide) groups is 1. The first kappa shape index (κ1) is 13.0. The Morgan fingerprint density at radius 3 is 2.62 bits per heavy atom. The van der Waals surface area contributed by atoms with Gasteiger partial charge in [0, 0.05) is 0 Å². The van der Waals surface area contributed by atoms with Crippen LogP contribution in [0.25, 0.3) is 0 Å². The predicted octanol–water partition coefficient (Wildman–Crippen LogP) is 4.25. The van der Waals surface area contributed by atoms with Gasteiger partial charge >= 0.3 is 5.51 Å². The number of hydrogen-bond acceptors (Lipinski definition) is 2. The molecule has 0 unspecified atom stereocenters. The normalized spacial score (nSPS) is 11.2. The van der Waals surface area contributed by atoms with Crippen LogP contribution in [0.3, 0.4) is 0 Å². The van der Waals surface area contributed by atoms with Crippen LogP contribution in [-0.4, -0.2) is 12.1 Å². The molecule has 0 aromatic heterocycles. The van der Waals surface area contributed by atoms with Crippen LogP contribution in [0.15, 0.2) is 41.8 Å². The molecule has 0 N–H and O–H groups in total. The van der Waals surface area contributed by atoms with Gasteiger partial charge in [0.25, 0.3) is 0 Å². The number of ether oxygens (including phenoxy) is 1. The zero-order valence-corrected chi connectivity index (χ0v) is 9.27. The fourth-order valence-corrected chi connectivity index (χ4v) is 1.65. The van der Waals surface area contributed by atoms with E-state index in [1.165, 1.54) is 12.1 Å². The first-order chi connectivity index (χ1) is 7.53. The van der Waals surface area contributed by atoms with E-state index in [4.69, 9.17) is 4.74 Å². The van der Waals surface area contributed by atoms with Crippen molar-refractivity contribution in [2.75, 3.05) is 6.61 Å². The average Bonchev–Trinajstić information content (AvgIpc) is 2.19. The van der Waals surface area contributed by atoms with Crippen LogP contribution in [0.1, 0.15) is 6.42 Å². The van der Waals surface area contributed by atoms with Gasteiger partial charge in [0.2, 0.25) is 0 Å². The maximum absolute atomic E-state index is 12.2. The fraction of sp³-hybridized carbons (Fsp3) is 0.273. The highest BCUT2D eigenvalue weighted by Crippen LogP contribution is 2.41. The Balaban J connectivity index is 2.71. The minimum Gasteiger partial charge on any atom is -0.492 e. The van der Waals surface area contributed by atoms with E-state index in [-0.39, 0.29) is 22.4 Å². The van der Waals surface area contributed by atoms with Gasteiger partial charge in [-0.15, -0.1) is 6.58 Å². The lowest BCUT2D eigenvalue weighted by Crippen LogP contribution is -2.02. The molecule has 0 aliphatic carbocycles. The molecule has 0 heterocycles. The van der Waals surface area contributed by atoms with Gasteiger partial charge in [-0.25, -0.2) is 0 Å². The van der Waals surface area contributed by atoms with E-state index in [2.05, 4.69) is 6.58 Å². The van der Waals surface area contributed by atoms with Gasteiger partial charge in [-0.2, -0.15) is 13.2 Å². The van der Waals surface area contributed by atoms with Crippen LogP contribution in [0.4, 0.5) is 13.2 Å².